The van der Waals surface area contributed by atoms with Crippen LogP contribution in [0.4, 0.5) is 0 Å². The molecule has 0 saturated carbocycles. The van der Waals surface area contributed by atoms with E-state index in [1.54, 1.807) is 0 Å². The normalized spacial score (nSPS) is 22.4. The summed E-state index contributed by atoms with van der Waals surface area (Å²) in [6, 6.07) is 9.43. The first-order valence-electron chi connectivity index (χ1n) is 7.34. The van der Waals surface area contributed by atoms with E-state index >= 15 is 0 Å². The number of nitrogens with one attached hydrogen (secondary N) is 1. The predicted molar refractivity (Wildman–Crippen MR) is 81.2 cm³/mol. The van der Waals surface area contributed by atoms with Gasteiger partial charge in [-0.25, -0.2) is 0 Å². The van der Waals surface area contributed by atoms with Crippen molar-refractivity contribution in [1.29, 1.82) is 0 Å². The van der Waals surface area contributed by atoms with Crippen molar-refractivity contribution in [3.63, 3.8) is 0 Å². The molecule has 0 spiro atoms. The molecule has 1 unspecified atom stereocenters. The third-order valence-corrected chi connectivity index (χ3v) is 4.04. The molecule has 1 saturated heterocycles. The van der Waals surface area contributed by atoms with Gasteiger partial charge in [0.25, 0.3) is 0 Å². The van der Waals surface area contributed by atoms with E-state index in [9.17, 15) is 0 Å². The summed E-state index contributed by atoms with van der Waals surface area (Å²) in [4.78, 5) is 5.07. The van der Waals surface area contributed by atoms with Crippen molar-refractivity contribution < 1.29 is 0 Å². The topological polar surface area (TPSA) is 18.5 Å². The SMILES string of the molecule is CNCc1ccccc1CN1CCCN(C)CC1C. The third-order valence-electron chi connectivity index (χ3n) is 4.04. The highest BCUT2D eigenvalue weighted by Gasteiger charge is 2.20. The summed E-state index contributed by atoms with van der Waals surface area (Å²) in [5.41, 5.74) is 2.89. The summed E-state index contributed by atoms with van der Waals surface area (Å²) in [6.07, 6.45) is 1.27. The Morgan fingerprint density at radius 1 is 1.21 bits per heavy atom. The average Bonchev–Trinajstić information content (AvgIpc) is 2.54. The number of benzene rings is 1. The molecular weight excluding hydrogens is 234 g/mol. The Morgan fingerprint density at radius 2 is 1.95 bits per heavy atom. The Morgan fingerprint density at radius 3 is 2.68 bits per heavy atom. The fourth-order valence-electron chi connectivity index (χ4n) is 2.95. The summed E-state index contributed by atoms with van der Waals surface area (Å²) in [5, 5.41) is 3.27. The zero-order chi connectivity index (χ0) is 13.7. The number of nitrogens with zero attached hydrogens (tertiary/aromatic N) is 2. The van der Waals surface area contributed by atoms with Gasteiger partial charge in [-0.2, -0.15) is 0 Å². The molecule has 3 heteroatoms. The molecule has 1 atom stereocenters. The van der Waals surface area contributed by atoms with Crippen LogP contribution < -0.4 is 5.32 Å². The monoisotopic (exact) mass is 261 g/mol. The van der Waals surface area contributed by atoms with Gasteiger partial charge in [-0.3, -0.25) is 4.90 Å². The molecule has 0 bridgehead atoms. The summed E-state index contributed by atoms with van der Waals surface area (Å²) < 4.78 is 0. The van der Waals surface area contributed by atoms with Gasteiger partial charge in [0.2, 0.25) is 0 Å². The summed E-state index contributed by atoms with van der Waals surface area (Å²) in [6.45, 7) is 7.99. The van der Waals surface area contributed by atoms with Crippen LogP contribution in [0.25, 0.3) is 0 Å². The van der Waals surface area contributed by atoms with Crippen molar-refractivity contribution in [3.8, 4) is 0 Å². The van der Waals surface area contributed by atoms with Crippen molar-refractivity contribution in [2.24, 2.45) is 0 Å². The highest BCUT2D eigenvalue weighted by atomic mass is 15.2. The van der Waals surface area contributed by atoms with E-state index in [0.29, 0.717) is 6.04 Å². The Kier molecular flexibility index (Phi) is 5.37. The fraction of sp³-hybridized carbons (Fsp3) is 0.625. The van der Waals surface area contributed by atoms with E-state index in [-0.39, 0.29) is 0 Å². The van der Waals surface area contributed by atoms with Gasteiger partial charge in [0, 0.05) is 32.2 Å². The van der Waals surface area contributed by atoms with Gasteiger partial charge in [-0.1, -0.05) is 24.3 Å². The second-order valence-corrected chi connectivity index (χ2v) is 5.73. The lowest BCUT2D eigenvalue weighted by Gasteiger charge is -2.28. The van der Waals surface area contributed by atoms with Crippen molar-refractivity contribution in [2.45, 2.75) is 32.5 Å². The van der Waals surface area contributed by atoms with Crippen molar-refractivity contribution in [3.05, 3.63) is 35.4 Å². The second-order valence-electron chi connectivity index (χ2n) is 5.73. The third kappa shape index (κ3) is 4.03. The van der Waals surface area contributed by atoms with Gasteiger partial charge in [-0.15, -0.1) is 0 Å². The molecule has 1 N–H and O–H groups in total. The number of rotatable bonds is 4. The van der Waals surface area contributed by atoms with Crippen molar-refractivity contribution in [2.75, 3.05) is 33.7 Å². The van der Waals surface area contributed by atoms with Gasteiger partial charge in [-0.05, 0) is 45.1 Å². The van der Waals surface area contributed by atoms with Crippen LogP contribution in [0.15, 0.2) is 24.3 Å². The minimum atomic E-state index is 0.634. The van der Waals surface area contributed by atoms with Crippen molar-refractivity contribution in [1.82, 2.24) is 15.1 Å². The maximum Gasteiger partial charge on any atom is 0.0240 e. The molecule has 1 heterocycles. The van der Waals surface area contributed by atoms with E-state index in [1.165, 1.54) is 37.2 Å². The molecule has 1 aliphatic heterocycles. The highest BCUT2D eigenvalue weighted by molar-refractivity contribution is 5.27. The van der Waals surface area contributed by atoms with Gasteiger partial charge in [0.15, 0.2) is 0 Å². The average molecular weight is 261 g/mol. The van der Waals surface area contributed by atoms with E-state index in [4.69, 9.17) is 0 Å². The van der Waals surface area contributed by atoms with Gasteiger partial charge in [0.1, 0.15) is 0 Å². The largest absolute Gasteiger partial charge is 0.316 e. The molecule has 3 nitrogen and oxygen atoms in total. The summed E-state index contributed by atoms with van der Waals surface area (Å²) >= 11 is 0. The molecular formula is C16H27N3. The van der Waals surface area contributed by atoms with Crippen molar-refractivity contribution >= 4 is 0 Å². The number of hydrogen-bond donors (Lipinski definition) is 1. The minimum Gasteiger partial charge on any atom is -0.316 e. The predicted octanol–water partition coefficient (Wildman–Crippen LogP) is 1.93. The molecule has 1 aliphatic rings. The molecule has 2 rings (SSSR count). The molecule has 0 aliphatic carbocycles. The van der Waals surface area contributed by atoms with Crippen LogP contribution in [0, 0.1) is 0 Å². The van der Waals surface area contributed by atoms with Crippen LogP contribution in [0.2, 0.25) is 0 Å². The van der Waals surface area contributed by atoms with Crippen LogP contribution in [0.1, 0.15) is 24.5 Å². The maximum absolute atomic E-state index is 3.27. The number of likely N-dealkylation sites (N-methyl/N-ethyl adjacent to an activating group) is 1. The molecule has 1 aromatic carbocycles. The standard InChI is InChI=1S/C16H27N3/c1-14-12-18(3)9-6-10-19(14)13-16-8-5-4-7-15(16)11-17-2/h4-5,7-8,14,17H,6,9-13H2,1-3H3. The molecule has 0 aromatic heterocycles. The smallest absolute Gasteiger partial charge is 0.0240 e. The first kappa shape index (κ1) is 14.5. The fourth-order valence-corrected chi connectivity index (χ4v) is 2.95. The van der Waals surface area contributed by atoms with Crippen LogP contribution in [0.5, 0.6) is 0 Å². The van der Waals surface area contributed by atoms with Crippen LogP contribution in [-0.2, 0) is 13.1 Å². The number of hydrogen-bond acceptors (Lipinski definition) is 3. The Bertz CT molecular complexity index is 391. The van der Waals surface area contributed by atoms with Gasteiger partial charge >= 0.3 is 0 Å². The second kappa shape index (κ2) is 7.04. The van der Waals surface area contributed by atoms with Crippen LogP contribution >= 0.6 is 0 Å². The zero-order valence-electron chi connectivity index (χ0n) is 12.5. The Balaban J connectivity index is 2.07. The minimum absolute atomic E-state index is 0.634. The van der Waals surface area contributed by atoms with E-state index in [0.717, 1.165) is 13.1 Å². The van der Waals surface area contributed by atoms with E-state index < -0.39 is 0 Å². The first-order valence-corrected chi connectivity index (χ1v) is 7.34. The summed E-state index contributed by atoms with van der Waals surface area (Å²) in [5.74, 6) is 0. The lowest BCUT2D eigenvalue weighted by atomic mass is 10.1. The maximum atomic E-state index is 3.27. The van der Waals surface area contributed by atoms with E-state index in [1.807, 2.05) is 7.05 Å². The summed E-state index contributed by atoms with van der Waals surface area (Å²) in [7, 11) is 4.25. The molecule has 19 heavy (non-hydrogen) atoms. The van der Waals surface area contributed by atoms with Gasteiger partial charge < -0.3 is 10.2 Å². The molecule has 106 valence electrons. The quantitative estimate of drug-likeness (QED) is 0.893. The Labute approximate surface area is 117 Å². The molecule has 1 aromatic rings. The van der Waals surface area contributed by atoms with Gasteiger partial charge in [0.05, 0.1) is 0 Å². The molecule has 1 fully saturated rings. The van der Waals surface area contributed by atoms with Crippen LogP contribution in [0.3, 0.4) is 0 Å². The molecule has 0 amide bonds. The zero-order valence-corrected chi connectivity index (χ0v) is 12.5. The van der Waals surface area contributed by atoms with Crippen LogP contribution in [-0.4, -0.2) is 49.6 Å². The molecule has 0 radical (unpaired) electrons. The van der Waals surface area contributed by atoms with E-state index in [2.05, 4.69) is 53.4 Å². The first-order chi connectivity index (χ1) is 9.20. The Hall–Kier alpha value is -0.900. The highest BCUT2D eigenvalue weighted by Crippen LogP contribution is 2.16. The lowest BCUT2D eigenvalue weighted by Crippen LogP contribution is -2.37. The lowest BCUT2D eigenvalue weighted by molar-refractivity contribution is 0.194.